The molecule has 98 valence electrons. The van der Waals surface area contributed by atoms with E-state index in [0.717, 1.165) is 10.0 Å². The van der Waals surface area contributed by atoms with Gasteiger partial charge in [-0.15, -0.1) is 0 Å². The Morgan fingerprint density at radius 1 is 1.37 bits per heavy atom. The zero-order valence-electron chi connectivity index (χ0n) is 9.96. The lowest BCUT2D eigenvalue weighted by Crippen LogP contribution is -2.15. The van der Waals surface area contributed by atoms with Crippen molar-refractivity contribution in [1.29, 1.82) is 0 Å². The van der Waals surface area contributed by atoms with Crippen LogP contribution in [-0.4, -0.2) is 10.9 Å². The van der Waals surface area contributed by atoms with Gasteiger partial charge in [0.05, 0.1) is 5.69 Å². The monoisotopic (exact) mass is 340 g/mol. The molecule has 19 heavy (non-hydrogen) atoms. The summed E-state index contributed by atoms with van der Waals surface area (Å²) in [4.78, 5) is 25.6. The zero-order chi connectivity index (χ0) is 14.0. The zero-order valence-corrected chi connectivity index (χ0v) is 12.3. The number of hydrogen-bond acceptors (Lipinski definition) is 2. The number of aryl methyl sites for hydroxylation is 1. The van der Waals surface area contributed by atoms with Gasteiger partial charge in [-0.1, -0.05) is 11.6 Å². The van der Waals surface area contributed by atoms with Crippen LogP contribution >= 0.6 is 27.5 Å². The highest BCUT2D eigenvalue weighted by molar-refractivity contribution is 9.10. The number of amides is 1. The smallest absolute Gasteiger partial charge is 0.255 e. The van der Waals surface area contributed by atoms with E-state index in [9.17, 15) is 9.59 Å². The number of carbonyl (C=O) groups is 1. The third-order valence-electron chi connectivity index (χ3n) is 2.53. The molecule has 1 aromatic heterocycles. The Morgan fingerprint density at radius 2 is 2.11 bits per heavy atom. The average molecular weight is 342 g/mol. The Hall–Kier alpha value is -1.59. The maximum Gasteiger partial charge on any atom is 0.255 e. The Morgan fingerprint density at radius 3 is 2.79 bits per heavy atom. The fraction of sp³-hybridized carbons (Fsp3) is 0.0769. The summed E-state index contributed by atoms with van der Waals surface area (Å²) in [5, 5.41) is 3.26. The summed E-state index contributed by atoms with van der Waals surface area (Å²) in [5.41, 5.74) is 1.42. The van der Waals surface area contributed by atoms with Gasteiger partial charge in [0, 0.05) is 27.3 Å². The lowest BCUT2D eigenvalue weighted by molar-refractivity contribution is 0.102. The third kappa shape index (κ3) is 3.24. The van der Waals surface area contributed by atoms with Gasteiger partial charge in [0.15, 0.2) is 0 Å². The molecule has 0 atom stereocenters. The Balaban J connectivity index is 2.29. The molecule has 0 aliphatic carbocycles. The van der Waals surface area contributed by atoms with Gasteiger partial charge in [-0.3, -0.25) is 9.59 Å². The summed E-state index contributed by atoms with van der Waals surface area (Å²) < 4.78 is 0.729. The van der Waals surface area contributed by atoms with E-state index in [1.165, 1.54) is 18.3 Å². The number of halogens is 2. The highest BCUT2D eigenvalue weighted by Gasteiger charge is 2.10. The van der Waals surface area contributed by atoms with Crippen LogP contribution in [0.2, 0.25) is 5.02 Å². The highest BCUT2D eigenvalue weighted by atomic mass is 79.9. The molecule has 0 unspecified atom stereocenters. The standard InChI is InChI=1S/C13H10BrClN2O2/c1-7-4-9(14)11(6-10(7)15)17-13(19)8-2-3-16-12(18)5-8/h2-6H,1H3,(H,16,18)(H,17,19). The fourth-order valence-electron chi connectivity index (χ4n) is 1.52. The second kappa shape index (κ2) is 5.59. The summed E-state index contributed by atoms with van der Waals surface area (Å²) in [7, 11) is 0. The van der Waals surface area contributed by atoms with Crippen LogP contribution in [0, 0.1) is 6.92 Å². The van der Waals surface area contributed by atoms with Crippen molar-refractivity contribution in [1.82, 2.24) is 4.98 Å². The van der Waals surface area contributed by atoms with Gasteiger partial charge in [0.25, 0.3) is 5.91 Å². The number of pyridine rings is 1. The minimum Gasteiger partial charge on any atom is -0.329 e. The largest absolute Gasteiger partial charge is 0.329 e. The van der Waals surface area contributed by atoms with E-state index in [1.54, 1.807) is 6.07 Å². The molecular weight excluding hydrogens is 332 g/mol. The molecule has 1 heterocycles. The number of aromatic amines is 1. The first-order valence-electron chi connectivity index (χ1n) is 5.43. The number of carbonyl (C=O) groups excluding carboxylic acids is 1. The quantitative estimate of drug-likeness (QED) is 0.880. The van der Waals surface area contributed by atoms with Gasteiger partial charge in [-0.05, 0) is 46.6 Å². The van der Waals surface area contributed by atoms with Crippen LogP contribution in [-0.2, 0) is 0 Å². The number of benzene rings is 1. The van der Waals surface area contributed by atoms with Gasteiger partial charge >= 0.3 is 0 Å². The van der Waals surface area contributed by atoms with Crippen LogP contribution in [0.25, 0.3) is 0 Å². The number of anilines is 1. The molecule has 0 aliphatic heterocycles. The van der Waals surface area contributed by atoms with Gasteiger partial charge in [-0.25, -0.2) is 0 Å². The Kier molecular flexibility index (Phi) is 4.07. The van der Waals surface area contributed by atoms with Crippen LogP contribution in [0.5, 0.6) is 0 Å². The van der Waals surface area contributed by atoms with Crippen molar-refractivity contribution in [3.05, 3.63) is 61.4 Å². The predicted molar refractivity (Wildman–Crippen MR) is 78.9 cm³/mol. The first-order valence-corrected chi connectivity index (χ1v) is 6.60. The normalized spacial score (nSPS) is 10.3. The van der Waals surface area contributed by atoms with E-state index < -0.39 is 0 Å². The minimum absolute atomic E-state index is 0.285. The summed E-state index contributed by atoms with van der Waals surface area (Å²) in [6.45, 7) is 1.87. The molecule has 1 aromatic carbocycles. The maximum atomic E-state index is 12.0. The molecule has 0 saturated heterocycles. The van der Waals surface area contributed by atoms with Gasteiger partial charge in [0.2, 0.25) is 5.56 Å². The van der Waals surface area contributed by atoms with E-state index in [1.807, 2.05) is 13.0 Å². The SMILES string of the molecule is Cc1cc(Br)c(NC(=O)c2cc[nH]c(=O)c2)cc1Cl. The summed E-state index contributed by atoms with van der Waals surface area (Å²) in [5.74, 6) is -0.369. The van der Waals surface area contributed by atoms with E-state index >= 15 is 0 Å². The highest BCUT2D eigenvalue weighted by Crippen LogP contribution is 2.29. The van der Waals surface area contributed by atoms with Gasteiger partial charge < -0.3 is 10.3 Å². The Bertz CT molecular complexity index is 697. The second-order valence-corrected chi connectivity index (χ2v) is 5.24. The molecule has 1 amide bonds. The predicted octanol–water partition coefficient (Wildman–Crippen LogP) is 3.35. The van der Waals surface area contributed by atoms with E-state index in [-0.39, 0.29) is 17.0 Å². The van der Waals surface area contributed by atoms with Crippen LogP contribution in [0.15, 0.2) is 39.7 Å². The average Bonchev–Trinajstić information content (AvgIpc) is 2.36. The van der Waals surface area contributed by atoms with E-state index in [4.69, 9.17) is 11.6 Å². The van der Waals surface area contributed by atoms with Crippen molar-refractivity contribution in [2.24, 2.45) is 0 Å². The molecule has 0 fully saturated rings. The van der Waals surface area contributed by atoms with Crippen molar-refractivity contribution in [3.8, 4) is 0 Å². The Labute approximate surface area is 122 Å². The minimum atomic E-state index is -0.369. The molecule has 4 nitrogen and oxygen atoms in total. The molecule has 0 saturated carbocycles. The molecule has 6 heteroatoms. The molecule has 0 aliphatic rings. The van der Waals surface area contributed by atoms with Crippen molar-refractivity contribution >= 4 is 39.1 Å². The molecule has 2 N–H and O–H groups in total. The number of H-pyrrole nitrogens is 1. The molecule has 0 bridgehead atoms. The first-order chi connectivity index (χ1) is 8.97. The van der Waals surface area contributed by atoms with Crippen LogP contribution in [0.4, 0.5) is 5.69 Å². The van der Waals surface area contributed by atoms with Crippen molar-refractivity contribution < 1.29 is 4.79 Å². The fourth-order valence-corrected chi connectivity index (χ4v) is 2.24. The summed E-state index contributed by atoms with van der Waals surface area (Å²) in [6.07, 6.45) is 1.43. The van der Waals surface area contributed by atoms with E-state index in [2.05, 4.69) is 26.2 Å². The van der Waals surface area contributed by atoms with Gasteiger partial charge in [0.1, 0.15) is 0 Å². The van der Waals surface area contributed by atoms with Crippen molar-refractivity contribution in [2.45, 2.75) is 6.92 Å². The molecule has 2 rings (SSSR count). The van der Waals surface area contributed by atoms with Gasteiger partial charge in [-0.2, -0.15) is 0 Å². The maximum absolute atomic E-state index is 12.0. The van der Waals surface area contributed by atoms with Crippen molar-refractivity contribution in [3.63, 3.8) is 0 Å². The molecule has 0 radical (unpaired) electrons. The molecular formula is C13H10BrClN2O2. The summed E-state index contributed by atoms with van der Waals surface area (Å²) >= 11 is 9.37. The van der Waals surface area contributed by atoms with E-state index in [0.29, 0.717) is 10.7 Å². The lowest BCUT2D eigenvalue weighted by Gasteiger charge is -2.09. The first kappa shape index (κ1) is 13.8. The number of hydrogen-bond donors (Lipinski definition) is 2. The lowest BCUT2D eigenvalue weighted by atomic mass is 10.2. The van der Waals surface area contributed by atoms with Crippen LogP contribution in [0.1, 0.15) is 15.9 Å². The molecule has 0 spiro atoms. The molecule has 2 aromatic rings. The number of nitrogens with one attached hydrogen (secondary N) is 2. The second-order valence-electron chi connectivity index (χ2n) is 3.98. The number of aromatic nitrogens is 1. The third-order valence-corrected chi connectivity index (χ3v) is 3.60. The van der Waals surface area contributed by atoms with Crippen LogP contribution in [0.3, 0.4) is 0 Å². The number of rotatable bonds is 2. The van der Waals surface area contributed by atoms with Crippen molar-refractivity contribution in [2.75, 3.05) is 5.32 Å². The summed E-state index contributed by atoms with van der Waals surface area (Å²) in [6, 6.07) is 6.24. The topological polar surface area (TPSA) is 62.0 Å². The van der Waals surface area contributed by atoms with Crippen LogP contribution < -0.4 is 10.9 Å².